The quantitative estimate of drug-likeness (QED) is 0.667. The average molecular weight is 270 g/mol. The second-order valence-electron chi connectivity index (χ2n) is 4.57. The lowest BCUT2D eigenvalue weighted by molar-refractivity contribution is -0.117. The van der Waals surface area contributed by atoms with Crippen molar-refractivity contribution in [3.05, 3.63) is 36.2 Å². The second kappa shape index (κ2) is 4.69. The minimum Gasteiger partial charge on any atom is -0.381 e. The number of carbonyl (C=O) groups excluding carboxylic acids is 1. The van der Waals surface area contributed by atoms with Crippen LogP contribution in [0.5, 0.6) is 0 Å². The monoisotopic (exact) mass is 270 g/mol. The molecule has 0 spiro atoms. The molecule has 4 N–H and O–H groups in total. The van der Waals surface area contributed by atoms with Gasteiger partial charge in [0.25, 0.3) is 0 Å². The standard InChI is InChI=1S/C13H14N6O/c1-8-5-9-3-2-4-10(13(9)16-8)17-12(20)7-19-15-6-11(14)18-19/h2-6,16H,7H2,1H3,(H2,14,18)(H,17,20). The lowest BCUT2D eigenvalue weighted by Gasteiger charge is -2.06. The summed E-state index contributed by atoms with van der Waals surface area (Å²) in [5.74, 6) is 0.0836. The molecule has 0 saturated heterocycles. The normalized spacial score (nSPS) is 10.8. The van der Waals surface area contributed by atoms with Crippen molar-refractivity contribution in [2.75, 3.05) is 11.1 Å². The van der Waals surface area contributed by atoms with Crippen molar-refractivity contribution >= 4 is 28.3 Å². The molecule has 3 rings (SSSR count). The van der Waals surface area contributed by atoms with E-state index in [0.717, 1.165) is 22.3 Å². The van der Waals surface area contributed by atoms with Gasteiger partial charge in [0, 0.05) is 11.1 Å². The Labute approximate surface area is 114 Å². The smallest absolute Gasteiger partial charge is 0.248 e. The molecular weight excluding hydrogens is 256 g/mol. The minimum absolute atomic E-state index is 0.0211. The number of rotatable bonds is 3. The maximum Gasteiger partial charge on any atom is 0.248 e. The zero-order chi connectivity index (χ0) is 14.1. The van der Waals surface area contributed by atoms with Gasteiger partial charge in [-0.05, 0) is 19.1 Å². The summed E-state index contributed by atoms with van der Waals surface area (Å²) < 4.78 is 0. The Kier molecular flexibility index (Phi) is 2.86. The predicted octanol–water partition coefficient (Wildman–Crippen LogP) is 1.29. The molecule has 0 saturated carbocycles. The molecule has 1 aromatic carbocycles. The van der Waals surface area contributed by atoms with E-state index in [1.807, 2.05) is 31.2 Å². The van der Waals surface area contributed by atoms with E-state index >= 15 is 0 Å². The van der Waals surface area contributed by atoms with Crippen LogP contribution < -0.4 is 11.1 Å². The van der Waals surface area contributed by atoms with Gasteiger partial charge in [0.2, 0.25) is 5.91 Å². The van der Waals surface area contributed by atoms with Crippen LogP contribution >= 0.6 is 0 Å². The molecule has 1 amide bonds. The highest BCUT2D eigenvalue weighted by atomic mass is 16.2. The minimum atomic E-state index is -0.208. The van der Waals surface area contributed by atoms with Gasteiger partial charge in [-0.25, -0.2) is 0 Å². The van der Waals surface area contributed by atoms with Crippen molar-refractivity contribution < 1.29 is 4.79 Å². The van der Waals surface area contributed by atoms with E-state index in [0.29, 0.717) is 5.82 Å². The van der Waals surface area contributed by atoms with E-state index in [2.05, 4.69) is 20.5 Å². The molecule has 7 nitrogen and oxygen atoms in total. The topological polar surface area (TPSA) is 102 Å². The highest BCUT2D eigenvalue weighted by Gasteiger charge is 2.09. The van der Waals surface area contributed by atoms with Gasteiger partial charge in [-0.15, -0.1) is 5.10 Å². The lowest BCUT2D eigenvalue weighted by Crippen LogP contribution is -2.20. The van der Waals surface area contributed by atoms with Crippen LogP contribution in [0.3, 0.4) is 0 Å². The van der Waals surface area contributed by atoms with Crippen LogP contribution in [-0.2, 0) is 11.3 Å². The third-order valence-corrected chi connectivity index (χ3v) is 2.90. The van der Waals surface area contributed by atoms with Crippen molar-refractivity contribution in [2.45, 2.75) is 13.5 Å². The Bertz CT molecular complexity index is 772. The summed E-state index contributed by atoms with van der Waals surface area (Å²) in [7, 11) is 0. The molecule has 102 valence electrons. The maximum atomic E-state index is 12.0. The first kappa shape index (κ1) is 12.2. The van der Waals surface area contributed by atoms with Crippen LogP contribution in [0.25, 0.3) is 10.9 Å². The number of aromatic amines is 1. The van der Waals surface area contributed by atoms with E-state index in [9.17, 15) is 4.79 Å². The number of para-hydroxylation sites is 1. The third-order valence-electron chi connectivity index (χ3n) is 2.90. The molecule has 0 aliphatic rings. The highest BCUT2D eigenvalue weighted by Crippen LogP contribution is 2.23. The van der Waals surface area contributed by atoms with Crippen LogP contribution in [0.1, 0.15) is 5.69 Å². The zero-order valence-corrected chi connectivity index (χ0v) is 10.9. The Morgan fingerprint density at radius 2 is 2.35 bits per heavy atom. The maximum absolute atomic E-state index is 12.0. The molecule has 0 bridgehead atoms. The number of fused-ring (bicyclic) bond motifs is 1. The second-order valence-corrected chi connectivity index (χ2v) is 4.57. The van der Waals surface area contributed by atoms with Crippen LogP contribution in [0.15, 0.2) is 30.5 Å². The first-order valence-corrected chi connectivity index (χ1v) is 6.15. The summed E-state index contributed by atoms with van der Waals surface area (Å²) in [5.41, 5.74) is 8.14. The third kappa shape index (κ3) is 2.33. The Hall–Kier alpha value is -2.83. The van der Waals surface area contributed by atoms with Crippen molar-refractivity contribution in [1.29, 1.82) is 0 Å². The fourth-order valence-corrected chi connectivity index (χ4v) is 2.11. The number of nitrogen functional groups attached to an aromatic ring is 1. The SMILES string of the molecule is Cc1cc2cccc(NC(=O)Cn3ncc(N)n3)c2[nH]1. The molecule has 0 radical (unpaired) electrons. The number of aryl methyl sites for hydroxylation is 1. The molecule has 3 aromatic rings. The van der Waals surface area contributed by atoms with Crippen molar-refractivity contribution in [1.82, 2.24) is 20.0 Å². The summed E-state index contributed by atoms with van der Waals surface area (Å²) in [6, 6.07) is 7.77. The molecule has 2 aromatic heterocycles. The molecule has 0 aliphatic heterocycles. The van der Waals surface area contributed by atoms with Crippen LogP contribution in [0.4, 0.5) is 11.5 Å². The highest BCUT2D eigenvalue weighted by molar-refractivity contribution is 6.00. The molecule has 0 aliphatic carbocycles. The molecule has 2 heterocycles. The number of nitrogens with one attached hydrogen (secondary N) is 2. The first-order chi connectivity index (χ1) is 9.61. The van der Waals surface area contributed by atoms with E-state index in [1.54, 1.807) is 0 Å². The van der Waals surface area contributed by atoms with E-state index in [1.165, 1.54) is 11.0 Å². The van der Waals surface area contributed by atoms with E-state index < -0.39 is 0 Å². The van der Waals surface area contributed by atoms with Gasteiger partial charge in [0.15, 0.2) is 5.82 Å². The number of hydrogen-bond donors (Lipinski definition) is 3. The van der Waals surface area contributed by atoms with Gasteiger partial charge in [0.05, 0.1) is 17.4 Å². The number of benzene rings is 1. The summed E-state index contributed by atoms with van der Waals surface area (Å²) in [5, 5.41) is 11.7. The van der Waals surface area contributed by atoms with Crippen molar-refractivity contribution in [3.63, 3.8) is 0 Å². The Balaban J connectivity index is 1.80. The number of H-pyrrole nitrogens is 1. The van der Waals surface area contributed by atoms with Crippen LogP contribution in [-0.4, -0.2) is 25.9 Å². The number of nitrogens with two attached hydrogens (primary N) is 1. The van der Waals surface area contributed by atoms with Crippen molar-refractivity contribution in [2.24, 2.45) is 0 Å². The average Bonchev–Trinajstić information content (AvgIpc) is 2.95. The van der Waals surface area contributed by atoms with Crippen molar-refractivity contribution in [3.8, 4) is 0 Å². The predicted molar refractivity (Wildman–Crippen MR) is 76.1 cm³/mol. The largest absolute Gasteiger partial charge is 0.381 e. The van der Waals surface area contributed by atoms with Gasteiger partial charge >= 0.3 is 0 Å². The fourth-order valence-electron chi connectivity index (χ4n) is 2.11. The van der Waals surface area contributed by atoms with Crippen LogP contribution in [0.2, 0.25) is 0 Å². The molecular formula is C13H14N6O. The number of amides is 1. The van der Waals surface area contributed by atoms with Gasteiger partial charge < -0.3 is 16.0 Å². The van der Waals surface area contributed by atoms with E-state index in [-0.39, 0.29) is 12.5 Å². The molecule has 7 heteroatoms. The molecule has 0 unspecified atom stereocenters. The van der Waals surface area contributed by atoms with Gasteiger partial charge in [-0.1, -0.05) is 12.1 Å². The fraction of sp³-hybridized carbons (Fsp3) is 0.154. The molecule has 0 fully saturated rings. The number of hydrogen-bond acceptors (Lipinski definition) is 4. The van der Waals surface area contributed by atoms with Gasteiger partial charge in [-0.3, -0.25) is 4.79 Å². The number of anilines is 2. The Morgan fingerprint density at radius 3 is 3.10 bits per heavy atom. The summed E-state index contributed by atoms with van der Waals surface area (Å²) in [6.45, 7) is 2.00. The van der Waals surface area contributed by atoms with Gasteiger partial charge in [0.1, 0.15) is 6.54 Å². The molecule has 0 atom stereocenters. The summed E-state index contributed by atoms with van der Waals surface area (Å²) in [4.78, 5) is 16.5. The molecule has 20 heavy (non-hydrogen) atoms. The summed E-state index contributed by atoms with van der Waals surface area (Å²) in [6.07, 6.45) is 1.41. The zero-order valence-electron chi connectivity index (χ0n) is 10.9. The van der Waals surface area contributed by atoms with Gasteiger partial charge in [-0.2, -0.15) is 9.90 Å². The number of carbonyl (C=O) groups is 1. The first-order valence-electron chi connectivity index (χ1n) is 6.15. The summed E-state index contributed by atoms with van der Waals surface area (Å²) >= 11 is 0. The number of aromatic nitrogens is 4. The Morgan fingerprint density at radius 1 is 1.50 bits per heavy atom. The number of nitrogens with zero attached hydrogens (tertiary/aromatic N) is 3. The van der Waals surface area contributed by atoms with E-state index in [4.69, 9.17) is 5.73 Å². The lowest BCUT2D eigenvalue weighted by atomic mass is 10.2. The van der Waals surface area contributed by atoms with Crippen LogP contribution in [0, 0.1) is 6.92 Å².